The van der Waals surface area contributed by atoms with Gasteiger partial charge in [-0.05, 0) is 18.8 Å². The molecule has 0 aromatic rings. The molecular weight excluding hydrogens is 132 g/mol. The summed E-state index contributed by atoms with van der Waals surface area (Å²) in [6.45, 7) is 6.80. The van der Waals surface area contributed by atoms with Gasteiger partial charge in [-0.1, -0.05) is 52.2 Å². The Hall–Kier alpha value is -0.260. The number of hydrogen-bond acceptors (Lipinski definition) is 0. The average molecular weight is 154 g/mol. The molecule has 0 amide bonds. The van der Waals surface area contributed by atoms with Gasteiger partial charge in [-0.15, -0.1) is 0 Å². The molecule has 0 aliphatic heterocycles. The standard InChI is InChI=1S/C11H22/c1-4-6-7-8-9-10-11(3)5-2/h8-9,11H,4-7,10H2,1-3H3/b9-8+. The molecule has 0 radical (unpaired) electrons. The average Bonchev–Trinajstić information content (AvgIpc) is 2.04. The summed E-state index contributed by atoms with van der Waals surface area (Å²) in [6, 6.07) is 0. The largest absolute Gasteiger partial charge is 0.0885 e. The summed E-state index contributed by atoms with van der Waals surface area (Å²) in [5, 5.41) is 0. The topological polar surface area (TPSA) is 0 Å². The maximum Gasteiger partial charge on any atom is -0.0325 e. The van der Waals surface area contributed by atoms with Gasteiger partial charge < -0.3 is 0 Å². The molecule has 0 aliphatic carbocycles. The highest BCUT2D eigenvalue weighted by Crippen LogP contribution is 2.07. The fraction of sp³-hybridized carbons (Fsp3) is 0.818. The van der Waals surface area contributed by atoms with Crippen molar-refractivity contribution in [3.63, 3.8) is 0 Å². The van der Waals surface area contributed by atoms with E-state index in [2.05, 4.69) is 32.9 Å². The van der Waals surface area contributed by atoms with E-state index in [1.165, 1.54) is 32.1 Å². The van der Waals surface area contributed by atoms with Crippen molar-refractivity contribution in [3.05, 3.63) is 12.2 Å². The molecule has 0 bridgehead atoms. The molecule has 0 fully saturated rings. The lowest BCUT2D eigenvalue weighted by Crippen LogP contribution is -1.87. The highest BCUT2D eigenvalue weighted by atomic mass is 14.0. The highest BCUT2D eigenvalue weighted by molar-refractivity contribution is 4.82. The molecule has 0 N–H and O–H groups in total. The molecule has 0 aromatic carbocycles. The van der Waals surface area contributed by atoms with Gasteiger partial charge in [-0.2, -0.15) is 0 Å². The van der Waals surface area contributed by atoms with Gasteiger partial charge in [0.05, 0.1) is 0 Å². The molecule has 0 heteroatoms. The third-order valence-electron chi connectivity index (χ3n) is 2.13. The predicted octanol–water partition coefficient (Wildman–Crippen LogP) is 4.17. The van der Waals surface area contributed by atoms with E-state index in [9.17, 15) is 0 Å². The van der Waals surface area contributed by atoms with Crippen molar-refractivity contribution in [2.24, 2.45) is 5.92 Å². The zero-order valence-corrected chi connectivity index (χ0v) is 8.27. The molecule has 0 saturated heterocycles. The minimum absolute atomic E-state index is 0.868. The van der Waals surface area contributed by atoms with Gasteiger partial charge >= 0.3 is 0 Å². The fourth-order valence-electron chi connectivity index (χ4n) is 0.935. The minimum atomic E-state index is 0.868. The summed E-state index contributed by atoms with van der Waals surface area (Å²) in [6.07, 6.45) is 11.2. The van der Waals surface area contributed by atoms with E-state index in [1.807, 2.05) is 0 Å². The van der Waals surface area contributed by atoms with Crippen LogP contribution in [0.2, 0.25) is 0 Å². The van der Waals surface area contributed by atoms with Crippen LogP contribution in [-0.4, -0.2) is 0 Å². The van der Waals surface area contributed by atoms with Crippen molar-refractivity contribution in [1.82, 2.24) is 0 Å². The second-order valence-electron chi connectivity index (χ2n) is 3.36. The first-order chi connectivity index (χ1) is 5.31. The van der Waals surface area contributed by atoms with E-state index in [-0.39, 0.29) is 0 Å². The number of allylic oxidation sites excluding steroid dienone is 2. The first-order valence-corrected chi connectivity index (χ1v) is 4.96. The molecule has 0 spiro atoms. The molecule has 11 heavy (non-hydrogen) atoms. The fourth-order valence-corrected chi connectivity index (χ4v) is 0.935. The van der Waals surface area contributed by atoms with E-state index in [0.29, 0.717) is 0 Å². The lowest BCUT2D eigenvalue weighted by atomic mass is 10.0. The van der Waals surface area contributed by atoms with Gasteiger partial charge in [0.15, 0.2) is 0 Å². The molecule has 66 valence electrons. The lowest BCUT2D eigenvalue weighted by Gasteiger charge is -2.01. The number of unbranched alkanes of at least 4 members (excludes halogenated alkanes) is 2. The normalized spacial score (nSPS) is 14.1. The van der Waals surface area contributed by atoms with E-state index in [4.69, 9.17) is 0 Å². The maximum absolute atomic E-state index is 2.34. The van der Waals surface area contributed by atoms with Crippen molar-refractivity contribution in [3.8, 4) is 0 Å². The van der Waals surface area contributed by atoms with Crippen LogP contribution in [0.15, 0.2) is 12.2 Å². The summed E-state index contributed by atoms with van der Waals surface area (Å²) in [7, 11) is 0. The van der Waals surface area contributed by atoms with Gasteiger partial charge in [0.2, 0.25) is 0 Å². The summed E-state index contributed by atoms with van der Waals surface area (Å²) in [4.78, 5) is 0. The van der Waals surface area contributed by atoms with Gasteiger partial charge in [0, 0.05) is 0 Å². The van der Waals surface area contributed by atoms with Crippen LogP contribution in [0, 0.1) is 5.92 Å². The van der Waals surface area contributed by atoms with Crippen LogP contribution in [0.4, 0.5) is 0 Å². The zero-order chi connectivity index (χ0) is 8.53. The molecule has 1 unspecified atom stereocenters. The first-order valence-electron chi connectivity index (χ1n) is 4.96. The monoisotopic (exact) mass is 154 g/mol. The highest BCUT2D eigenvalue weighted by Gasteiger charge is 1.92. The number of hydrogen-bond donors (Lipinski definition) is 0. The van der Waals surface area contributed by atoms with Crippen molar-refractivity contribution in [2.45, 2.75) is 52.9 Å². The Balaban J connectivity index is 3.15. The maximum atomic E-state index is 2.34. The molecular formula is C11H22. The molecule has 0 nitrogen and oxygen atoms in total. The van der Waals surface area contributed by atoms with Crippen LogP contribution in [-0.2, 0) is 0 Å². The van der Waals surface area contributed by atoms with Crippen molar-refractivity contribution >= 4 is 0 Å². The third kappa shape index (κ3) is 7.64. The van der Waals surface area contributed by atoms with E-state index in [1.54, 1.807) is 0 Å². The Kier molecular flexibility index (Phi) is 7.66. The van der Waals surface area contributed by atoms with Crippen LogP contribution in [0.1, 0.15) is 52.9 Å². The second kappa shape index (κ2) is 7.84. The Morgan fingerprint density at radius 2 is 1.91 bits per heavy atom. The molecule has 0 heterocycles. The Morgan fingerprint density at radius 1 is 1.18 bits per heavy atom. The quantitative estimate of drug-likeness (QED) is 0.398. The van der Waals surface area contributed by atoms with Crippen molar-refractivity contribution in [2.75, 3.05) is 0 Å². The Morgan fingerprint density at radius 3 is 2.45 bits per heavy atom. The van der Waals surface area contributed by atoms with Crippen LogP contribution in [0.3, 0.4) is 0 Å². The SMILES string of the molecule is CCCC/C=C/CC(C)CC. The molecule has 1 atom stereocenters. The Labute approximate surface area is 71.7 Å². The minimum Gasteiger partial charge on any atom is -0.0885 e. The zero-order valence-electron chi connectivity index (χ0n) is 8.27. The Bertz CT molecular complexity index is 92.2. The van der Waals surface area contributed by atoms with Crippen LogP contribution < -0.4 is 0 Å². The van der Waals surface area contributed by atoms with Gasteiger partial charge in [0.25, 0.3) is 0 Å². The van der Waals surface area contributed by atoms with E-state index in [0.717, 1.165) is 5.92 Å². The van der Waals surface area contributed by atoms with Crippen LogP contribution in [0.5, 0.6) is 0 Å². The lowest BCUT2D eigenvalue weighted by molar-refractivity contribution is 0.571. The first kappa shape index (κ1) is 10.7. The molecule has 0 rings (SSSR count). The van der Waals surface area contributed by atoms with Gasteiger partial charge in [-0.3, -0.25) is 0 Å². The van der Waals surface area contributed by atoms with Gasteiger partial charge in [0.1, 0.15) is 0 Å². The molecule has 0 aromatic heterocycles. The van der Waals surface area contributed by atoms with Crippen LogP contribution >= 0.6 is 0 Å². The summed E-state index contributed by atoms with van der Waals surface area (Å²) in [5.41, 5.74) is 0. The summed E-state index contributed by atoms with van der Waals surface area (Å²) in [5.74, 6) is 0.868. The van der Waals surface area contributed by atoms with E-state index < -0.39 is 0 Å². The predicted molar refractivity (Wildman–Crippen MR) is 52.7 cm³/mol. The smallest absolute Gasteiger partial charge is 0.0325 e. The number of rotatable bonds is 6. The van der Waals surface area contributed by atoms with Crippen LogP contribution in [0.25, 0.3) is 0 Å². The van der Waals surface area contributed by atoms with Crippen molar-refractivity contribution in [1.29, 1.82) is 0 Å². The van der Waals surface area contributed by atoms with E-state index >= 15 is 0 Å². The summed E-state index contributed by atoms with van der Waals surface area (Å²) >= 11 is 0. The molecule has 0 aliphatic rings. The third-order valence-corrected chi connectivity index (χ3v) is 2.13. The van der Waals surface area contributed by atoms with Gasteiger partial charge in [-0.25, -0.2) is 0 Å². The second-order valence-corrected chi connectivity index (χ2v) is 3.36. The van der Waals surface area contributed by atoms with Crippen molar-refractivity contribution < 1.29 is 0 Å². The summed E-state index contributed by atoms with van der Waals surface area (Å²) < 4.78 is 0. The molecule has 0 saturated carbocycles.